The zero-order chi connectivity index (χ0) is 23.5. The number of nitrogens with one attached hydrogen (secondary N) is 1. The molecule has 2 aliphatic rings. The molecule has 6 nitrogen and oxygen atoms in total. The van der Waals surface area contributed by atoms with Gasteiger partial charge in [-0.2, -0.15) is 0 Å². The molecule has 1 atom stereocenters. The van der Waals surface area contributed by atoms with Crippen molar-refractivity contribution in [2.75, 3.05) is 13.1 Å². The Morgan fingerprint density at radius 1 is 1.09 bits per heavy atom. The van der Waals surface area contributed by atoms with Crippen LogP contribution in [0.4, 0.5) is 0 Å². The molecule has 0 spiro atoms. The minimum atomic E-state index is -0.215. The van der Waals surface area contributed by atoms with E-state index in [4.69, 9.17) is 9.15 Å². The maximum absolute atomic E-state index is 13.1. The third-order valence-corrected chi connectivity index (χ3v) is 6.47. The number of carbonyl (C=O) groups excluding carboxylic acids is 2. The van der Waals surface area contributed by atoms with E-state index < -0.39 is 0 Å². The molecule has 34 heavy (non-hydrogen) atoms. The van der Waals surface area contributed by atoms with E-state index in [1.54, 1.807) is 12.1 Å². The van der Waals surface area contributed by atoms with Gasteiger partial charge in [0.15, 0.2) is 5.76 Å². The van der Waals surface area contributed by atoms with Crippen LogP contribution in [0.1, 0.15) is 65.2 Å². The number of fused-ring (bicyclic) bond motifs is 1. The summed E-state index contributed by atoms with van der Waals surface area (Å²) in [5.41, 5.74) is 3.47. The predicted octanol–water partition coefficient (Wildman–Crippen LogP) is 4.88. The number of hydrogen-bond acceptors (Lipinski definition) is 4. The lowest BCUT2D eigenvalue weighted by Gasteiger charge is -2.38. The minimum absolute atomic E-state index is 0.112. The van der Waals surface area contributed by atoms with Gasteiger partial charge in [0.05, 0.1) is 6.04 Å². The molecule has 0 radical (unpaired) electrons. The quantitative estimate of drug-likeness (QED) is 0.522. The number of furan rings is 1. The molecule has 2 amide bonds. The molecule has 6 heteroatoms. The summed E-state index contributed by atoms with van der Waals surface area (Å²) in [7, 11) is 0. The monoisotopic (exact) mass is 458 g/mol. The summed E-state index contributed by atoms with van der Waals surface area (Å²) in [4.78, 5) is 27.3. The first-order valence-corrected chi connectivity index (χ1v) is 12.1. The Hall–Kier alpha value is -3.54. The molecule has 1 N–H and O–H groups in total. The van der Waals surface area contributed by atoms with Crippen LogP contribution in [0, 0.1) is 5.92 Å². The average Bonchev–Trinajstić information content (AvgIpc) is 3.62. The lowest BCUT2D eigenvalue weighted by atomic mass is 9.87. The van der Waals surface area contributed by atoms with Crippen molar-refractivity contribution in [1.82, 2.24) is 10.2 Å². The highest BCUT2D eigenvalue weighted by Gasteiger charge is 2.39. The Bertz CT molecular complexity index is 1170. The first-order valence-electron chi connectivity index (χ1n) is 12.1. The van der Waals surface area contributed by atoms with Crippen molar-refractivity contribution in [1.29, 1.82) is 0 Å². The lowest BCUT2D eigenvalue weighted by Crippen LogP contribution is -2.41. The van der Waals surface area contributed by atoms with Gasteiger partial charge in [-0.05, 0) is 66.6 Å². The molecule has 2 aromatic carbocycles. The van der Waals surface area contributed by atoms with Crippen molar-refractivity contribution in [3.63, 3.8) is 0 Å². The van der Waals surface area contributed by atoms with Crippen LogP contribution < -0.4 is 10.1 Å². The fourth-order valence-corrected chi connectivity index (χ4v) is 4.54. The van der Waals surface area contributed by atoms with E-state index >= 15 is 0 Å². The Kier molecular flexibility index (Phi) is 6.39. The molecular formula is C28H30N2O4. The first-order chi connectivity index (χ1) is 16.6. The number of rotatable bonds is 8. The zero-order valence-corrected chi connectivity index (χ0v) is 19.5. The molecule has 1 aromatic heterocycles. The maximum Gasteiger partial charge on any atom is 0.286 e. The Labute approximate surface area is 199 Å². The molecule has 1 aliphatic heterocycles. The summed E-state index contributed by atoms with van der Waals surface area (Å²) in [6.45, 7) is 3.57. The van der Waals surface area contributed by atoms with Gasteiger partial charge < -0.3 is 19.4 Å². The molecule has 0 unspecified atom stereocenters. The van der Waals surface area contributed by atoms with Crippen molar-refractivity contribution in [2.24, 2.45) is 5.92 Å². The Morgan fingerprint density at radius 2 is 1.91 bits per heavy atom. The molecule has 0 saturated heterocycles. The zero-order valence-electron chi connectivity index (χ0n) is 19.5. The third kappa shape index (κ3) is 4.72. The number of hydrogen-bond donors (Lipinski definition) is 1. The van der Waals surface area contributed by atoms with Crippen molar-refractivity contribution in [2.45, 2.75) is 45.3 Å². The van der Waals surface area contributed by atoms with E-state index in [2.05, 4.69) is 29.6 Å². The summed E-state index contributed by atoms with van der Waals surface area (Å²) < 4.78 is 11.7. The predicted molar refractivity (Wildman–Crippen MR) is 129 cm³/mol. The van der Waals surface area contributed by atoms with E-state index in [9.17, 15) is 9.59 Å². The highest BCUT2D eigenvalue weighted by Crippen LogP contribution is 2.41. The van der Waals surface area contributed by atoms with Gasteiger partial charge >= 0.3 is 0 Å². The Morgan fingerprint density at radius 3 is 2.68 bits per heavy atom. The van der Waals surface area contributed by atoms with Crippen LogP contribution in [-0.2, 0) is 17.8 Å². The normalized spacial score (nSPS) is 17.2. The van der Waals surface area contributed by atoms with Crippen molar-refractivity contribution in [3.8, 4) is 5.75 Å². The second kappa shape index (κ2) is 9.75. The van der Waals surface area contributed by atoms with Crippen LogP contribution >= 0.6 is 0 Å². The summed E-state index contributed by atoms with van der Waals surface area (Å²) in [6, 6.07) is 19.7. The highest BCUT2D eigenvalue weighted by molar-refractivity contribution is 5.91. The van der Waals surface area contributed by atoms with Gasteiger partial charge in [0.25, 0.3) is 5.91 Å². The smallest absolute Gasteiger partial charge is 0.286 e. The molecular weight excluding hydrogens is 428 g/mol. The van der Waals surface area contributed by atoms with Gasteiger partial charge in [-0.3, -0.25) is 9.59 Å². The summed E-state index contributed by atoms with van der Waals surface area (Å²) in [5.74, 6) is 1.81. The topological polar surface area (TPSA) is 71.8 Å². The SMILES string of the molecule is CCCNC(=O)c1ccc(COc2ccc3c(c2)[C@H](c2ccccc2)N(C(=O)C2CC2)CC3)o1. The molecule has 176 valence electrons. The summed E-state index contributed by atoms with van der Waals surface area (Å²) >= 11 is 0. The second-order valence-electron chi connectivity index (χ2n) is 9.04. The minimum Gasteiger partial charge on any atom is -0.486 e. The Balaban J connectivity index is 1.36. The van der Waals surface area contributed by atoms with Crippen molar-refractivity contribution in [3.05, 3.63) is 88.9 Å². The number of nitrogens with zero attached hydrogens (tertiary/aromatic N) is 1. The van der Waals surface area contributed by atoms with Crippen LogP contribution in [0.5, 0.6) is 5.75 Å². The van der Waals surface area contributed by atoms with Crippen LogP contribution in [-0.4, -0.2) is 29.8 Å². The van der Waals surface area contributed by atoms with Crippen LogP contribution in [0.25, 0.3) is 0 Å². The van der Waals surface area contributed by atoms with Crippen LogP contribution in [0.2, 0.25) is 0 Å². The molecule has 0 bridgehead atoms. The molecule has 1 fully saturated rings. The highest BCUT2D eigenvalue weighted by atomic mass is 16.5. The number of carbonyl (C=O) groups is 2. The fourth-order valence-electron chi connectivity index (χ4n) is 4.54. The molecule has 1 saturated carbocycles. The standard InChI is InChI=1S/C28H30N2O4/c1-2-15-29-27(31)25-13-12-23(34-25)18-33-22-11-10-19-14-16-30(28(32)21-8-9-21)26(24(19)17-22)20-6-4-3-5-7-20/h3-7,10-13,17,21,26H,2,8-9,14-16,18H2,1H3,(H,29,31)/t26-/m0/s1. The number of ether oxygens (including phenoxy) is 1. The van der Waals surface area contributed by atoms with E-state index in [0.29, 0.717) is 18.1 Å². The molecule has 2 heterocycles. The van der Waals surface area contributed by atoms with Crippen LogP contribution in [0.15, 0.2) is 65.1 Å². The van der Waals surface area contributed by atoms with E-state index in [1.165, 1.54) is 5.56 Å². The lowest BCUT2D eigenvalue weighted by molar-refractivity contribution is -0.134. The summed E-state index contributed by atoms with van der Waals surface area (Å²) in [5, 5.41) is 2.81. The molecule has 5 rings (SSSR count). The van der Waals surface area contributed by atoms with E-state index in [-0.39, 0.29) is 36.1 Å². The van der Waals surface area contributed by atoms with Gasteiger partial charge in [0.2, 0.25) is 5.91 Å². The van der Waals surface area contributed by atoms with Crippen molar-refractivity contribution >= 4 is 11.8 Å². The van der Waals surface area contributed by atoms with Gasteiger partial charge in [-0.15, -0.1) is 0 Å². The number of amides is 2. The molecule has 1 aliphatic carbocycles. The largest absolute Gasteiger partial charge is 0.486 e. The van der Waals surface area contributed by atoms with Crippen LogP contribution in [0.3, 0.4) is 0 Å². The van der Waals surface area contributed by atoms with E-state index in [1.807, 2.05) is 36.1 Å². The summed E-state index contributed by atoms with van der Waals surface area (Å²) in [6.07, 6.45) is 3.70. The van der Waals surface area contributed by atoms with E-state index in [0.717, 1.165) is 43.4 Å². The third-order valence-electron chi connectivity index (χ3n) is 6.47. The fraction of sp³-hybridized carbons (Fsp3) is 0.357. The van der Waals surface area contributed by atoms with Gasteiger partial charge in [-0.25, -0.2) is 0 Å². The first kappa shape index (κ1) is 22.3. The van der Waals surface area contributed by atoms with Gasteiger partial charge in [0, 0.05) is 19.0 Å². The van der Waals surface area contributed by atoms with Gasteiger partial charge in [0.1, 0.15) is 18.1 Å². The second-order valence-corrected chi connectivity index (χ2v) is 9.04. The maximum atomic E-state index is 13.1. The van der Waals surface area contributed by atoms with Crippen molar-refractivity contribution < 1.29 is 18.7 Å². The van der Waals surface area contributed by atoms with Gasteiger partial charge in [-0.1, -0.05) is 43.3 Å². The molecule has 3 aromatic rings. The average molecular weight is 459 g/mol. The number of benzene rings is 2.